The van der Waals surface area contributed by atoms with Gasteiger partial charge in [0.05, 0.1) is 0 Å². The highest BCUT2D eigenvalue weighted by atomic mass is 127. The van der Waals surface area contributed by atoms with Gasteiger partial charge in [-0.05, 0) is 46.9 Å². The van der Waals surface area contributed by atoms with Crippen LogP contribution >= 0.6 is 46.6 Å². The van der Waals surface area contributed by atoms with Crippen molar-refractivity contribution in [3.63, 3.8) is 0 Å². The summed E-state index contributed by atoms with van der Waals surface area (Å²) in [7, 11) is 0. The Morgan fingerprint density at radius 1 is 1.11 bits per heavy atom. The largest absolute Gasteiger partial charge is 0.147 e. The van der Waals surface area contributed by atoms with Gasteiger partial charge in [-0.3, -0.25) is 0 Å². The smallest absolute Gasteiger partial charge is 0.0406 e. The lowest BCUT2D eigenvalue weighted by Crippen LogP contribution is -1.65. The van der Waals surface area contributed by atoms with E-state index in [1.165, 1.54) is 3.57 Å². The van der Waals surface area contributed by atoms with Gasteiger partial charge in [-0.1, -0.05) is 11.6 Å². The number of hydrogen-bond donors (Lipinski definition) is 0. The van der Waals surface area contributed by atoms with Crippen LogP contribution in [0.25, 0.3) is 0 Å². The third-order valence-corrected chi connectivity index (χ3v) is 1.77. The SMILES string of the molecule is Cl.Clc1ccc(I)cc1. The van der Waals surface area contributed by atoms with Gasteiger partial charge in [-0.2, -0.15) is 0 Å². The summed E-state index contributed by atoms with van der Waals surface area (Å²) >= 11 is 7.85. The average Bonchev–Trinajstić information content (AvgIpc) is 1.77. The van der Waals surface area contributed by atoms with Gasteiger partial charge < -0.3 is 0 Å². The second-order valence-corrected chi connectivity index (χ2v) is 3.12. The van der Waals surface area contributed by atoms with Crippen molar-refractivity contribution in [2.45, 2.75) is 0 Å². The highest BCUT2D eigenvalue weighted by Crippen LogP contribution is 2.10. The van der Waals surface area contributed by atoms with E-state index in [-0.39, 0.29) is 12.4 Å². The molecule has 0 fully saturated rings. The second-order valence-electron chi connectivity index (χ2n) is 1.44. The van der Waals surface area contributed by atoms with Crippen LogP contribution in [0.2, 0.25) is 5.02 Å². The quantitative estimate of drug-likeness (QED) is 0.637. The maximum absolute atomic E-state index is 5.61. The zero-order valence-electron chi connectivity index (χ0n) is 4.47. The van der Waals surface area contributed by atoms with Crippen LogP contribution in [-0.4, -0.2) is 0 Å². The van der Waals surface area contributed by atoms with Crippen LogP contribution in [0.4, 0.5) is 0 Å². The highest BCUT2D eigenvalue weighted by molar-refractivity contribution is 14.1. The first-order chi connectivity index (χ1) is 3.79. The van der Waals surface area contributed by atoms with Crippen LogP contribution in [0.3, 0.4) is 0 Å². The number of benzene rings is 1. The molecule has 0 unspecified atom stereocenters. The molecular formula is C6H5Cl2I. The van der Waals surface area contributed by atoms with Gasteiger partial charge in [0.2, 0.25) is 0 Å². The Morgan fingerprint density at radius 2 is 1.56 bits per heavy atom. The van der Waals surface area contributed by atoms with Gasteiger partial charge in [0, 0.05) is 8.59 Å². The monoisotopic (exact) mass is 274 g/mol. The molecule has 0 radical (unpaired) electrons. The van der Waals surface area contributed by atoms with Crippen molar-refractivity contribution in [2.24, 2.45) is 0 Å². The minimum Gasteiger partial charge on any atom is -0.147 e. The summed E-state index contributed by atoms with van der Waals surface area (Å²) in [5.74, 6) is 0. The van der Waals surface area contributed by atoms with E-state index in [0.717, 1.165) is 5.02 Å². The number of rotatable bonds is 0. The van der Waals surface area contributed by atoms with Crippen LogP contribution in [-0.2, 0) is 0 Å². The molecule has 0 aromatic heterocycles. The van der Waals surface area contributed by atoms with Crippen molar-refractivity contribution in [3.05, 3.63) is 32.9 Å². The Kier molecular flexibility index (Phi) is 4.62. The summed E-state index contributed by atoms with van der Waals surface area (Å²) < 4.78 is 1.21. The van der Waals surface area contributed by atoms with Crippen LogP contribution in [0.1, 0.15) is 0 Å². The fourth-order valence-corrected chi connectivity index (χ4v) is 0.915. The summed E-state index contributed by atoms with van der Waals surface area (Å²) in [4.78, 5) is 0. The molecule has 1 aromatic rings. The molecule has 0 amide bonds. The van der Waals surface area contributed by atoms with Crippen LogP contribution < -0.4 is 0 Å². The van der Waals surface area contributed by atoms with Crippen molar-refractivity contribution < 1.29 is 0 Å². The minimum atomic E-state index is 0. The van der Waals surface area contributed by atoms with E-state index in [1.807, 2.05) is 24.3 Å². The zero-order chi connectivity index (χ0) is 5.98. The van der Waals surface area contributed by atoms with E-state index in [2.05, 4.69) is 22.6 Å². The maximum atomic E-state index is 5.61. The molecule has 0 aliphatic heterocycles. The molecule has 0 saturated carbocycles. The fourth-order valence-electron chi connectivity index (χ4n) is 0.430. The summed E-state index contributed by atoms with van der Waals surface area (Å²) in [5.41, 5.74) is 0. The van der Waals surface area contributed by atoms with Gasteiger partial charge >= 0.3 is 0 Å². The fraction of sp³-hybridized carbons (Fsp3) is 0. The predicted molar refractivity (Wildman–Crippen MR) is 51.4 cm³/mol. The average molecular weight is 275 g/mol. The second kappa shape index (κ2) is 4.36. The Balaban J connectivity index is 0.000000640. The first-order valence-electron chi connectivity index (χ1n) is 2.20. The number of halogens is 3. The van der Waals surface area contributed by atoms with Crippen molar-refractivity contribution in [1.82, 2.24) is 0 Å². The number of hydrogen-bond acceptors (Lipinski definition) is 0. The molecule has 0 aliphatic rings. The van der Waals surface area contributed by atoms with Gasteiger partial charge in [0.15, 0.2) is 0 Å². The van der Waals surface area contributed by atoms with Crippen molar-refractivity contribution in [3.8, 4) is 0 Å². The van der Waals surface area contributed by atoms with Crippen molar-refractivity contribution in [1.29, 1.82) is 0 Å². The first-order valence-corrected chi connectivity index (χ1v) is 3.66. The van der Waals surface area contributed by atoms with Crippen LogP contribution in [0.5, 0.6) is 0 Å². The first kappa shape index (κ1) is 9.53. The van der Waals surface area contributed by atoms with Gasteiger partial charge in [-0.25, -0.2) is 0 Å². The van der Waals surface area contributed by atoms with Gasteiger partial charge in [0.25, 0.3) is 0 Å². The summed E-state index contributed by atoms with van der Waals surface area (Å²) in [6.45, 7) is 0. The van der Waals surface area contributed by atoms with E-state index in [1.54, 1.807) is 0 Å². The molecule has 0 heterocycles. The summed E-state index contributed by atoms with van der Waals surface area (Å²) in [6.07, 6.45) is 0. The van der Waals surface area contributed by atoms with E-state index >= 15 is 0 Å². The molecule has 1 rings (SSSR count). The normalized spacial score (nSPS) is 8.22. The molecule has 3 heteroatoms. The van der Waals surface area contributed by atoms with E-state index < -0.39 is 0 Å². The van der Waals surface area contributed by atoms with E-state index in [9.17, 15) is 0 Å². The third-order valence-electron chi connectivity index (χ3n) is 0.804. The molecule has 0 bridgehead atoms. The Bertz CT molecular complexity index is 150. The van der Waals surface area contributed by atoms with Crippen molar-refractivity contribution in [2.75, 3.05) is 0 Å². The van der Waals surface area contributed by atoms with Crippen LogP contribution in [0.15, 0.2) is 24.3 Å². The standard InChI is InChI=1S/C6H4ClI.ClH/c7-5-1-3-6(8)4-2-5;/h1-4H;1H. The molecule has 1 aromatic carbocycles. The van der Waals surface area contributed by atoms with Crippen LogP contribution in [0, 0.1) is 3.57 Å². The minimum absolute atomic E-state index is 0. The molecular weight excluding hydrogens is 270 g/mol. The van der Waals surface area contributed by atoms with Gasteiger partial charge in [0.1, 0.15) is 0 Å². The van der Waals surface area contributed by atoms with Crippen molar-refractivity contribution >= 4 is 46.6 Å². The molecule has 0 N–H and O–H groups in total. The van der Waals surface area contributed by atoms with Gasteiger partial charge in [-0.15, -0.1) is 12.4 Å². The topological polar surface area (TPSA) is 0 Å². The third kappa shape index (κ3) is 3.28. The lowest BCUT2D eigenvalue weighted by molar-refractivity contribution is 1.65. The van der Waals surface area contributed by atoms with E-state index in [0.29, 0.717) is 0 Å². The summed E-state index contributed by atoms with van der Waals surface area (Å²) in [6, 6.07) is 7.71. The lowest BCUT2D eigenvalue weighted by atomic mass is 10.4. The molecule has 50 valence electrons. The Labute approximate surface area is 79.1 Å². The molecule has 0 saturated heterocycles. The summed E-state index contributed by atoms with van der Waals surface area (Å²) in [5, 5.41) is 0.797. The molecule has 0 spiro atoms. The highest BCUT2D eigenvalue weighted by Gasteiger charge is 1.83. The molecule has 9 heavy (non-hydrogen) atoms. The van der Waals surface area contributed by atoms with E-state index in [4.69, 9.17) is 11.6 Å². The molecule has 0 nitrogen and oxygen atoms in total. The molecule has 0 atom stereocenters. The maximum Gasteiger partial charge on any atom is 0.0406 e. The predicted octanol–water partition coefficient (Wildman–Crippen LogP) is 3.37. The zero-order valence-corrected chi connectivity index (χ0v) is 8.20. The Hall–Kier alpha value is 0.530. The Morgan fingerprint density at radius 3 is 1.89 bits per heavy atom. The lowest BCUT2D eigenvalue weighted by Gasteiger charge is -1.86. The molecule has 0 aliphatic carbocycles.